The second kappa shape index (κ2) is 8.52. The number of hydrogen-bond acceptors (Lipinski definition) is 2. The second-order valence-electron chi connectivity index (χ2n) is 9.40. The van der Waals surface area contributed by atoms with Crippen LogP contribution in [-0.4, -0.2) is 35.6 Å². The van der Waals surface area contributed by atoms with Crippen LogP contribution < -0.4 is 5.32 Å². The molecule has 0 bridgehead atoms. The van der Waals surface area contributed by atoms with Gasteiger partial charge in [0.05, 0.1) is 0 Å². The molecule has 3 heterocycles. The van der Waals surface area contributed by atoms with Crippen molar-refractivity contribution in [2.45, 2.75) is 66.8 Å². The SMILES string of the molecule is O=C(CC1CC2CC(c3ccnc4ccc(F)cc34)CI2C1)NC1CCC(F)(F)CC1. The van der Waals surface area contributed by atoms with Crippen molar-refractivity contribution in [3.63, 3.8) is 0 Å². The second-order valence-corrected chi connectivity index (χ2v) is 15.8. The first-order valence-electron chi connectivity index (χ1n) is 11.2. The summed E-state index contributed by atoms with van der Waals surface area (Å²) in [5.74, 6) is -1.79. The number of rotatable bonds is 4. The Morgan fingerprint density at radius 2 is 1.97 bits per heavy atom. The van der Waals surface area contributed by atoms with Gasteiger partial charge in [0.1, 0.15) is 0 Å². The molecule has 0 radical (unpaired) electrons. The van der Waals surface area contributed by atoms with Gasteiger partial charge in [-0.3, -0.25) is 0 Å². The minimum atomic E-state index is -2.56. The Morgan fingerprint density at radius 1 is 1.16 bits per heavy atom. The molecule has 2 saturated heterocycles. The first kappa shape index (κ1) is 21.5. The zero-order chi connectivity index (χ0) is 21.6. The first-order chi connectivity index (χ1) is 14.9. The Balaban J connectivity index is 1.16. The third-order valence-corrected chi connectivity index (χ3v) is 15.2. The van der Waals surface area contributed by atoms with E-state index in [2.05, 4.69) is 16.4 Å². The molecule has 0 spiro atoms. The van der Waals surface area contributed by atoms with Gasteiger partial charge in [-0.05, 0) is 0 Å². The molecule has 1 amide bonds. The fourth-order valence-corrected chi connectivity index (χ4v) is 14.6. The van der Waals surface area contributed by atoms with Gasteiger partial charge in [0.15, 0.2) is 0 Å². The predicted octanol–water partition coefficient (Wildman–Crippen LogP) is 5.84. The summed E-state index contributed by atoms with van der Waals surface area (Å²) < 4.78 is 43.6. The molecule has 7 heteroatoms. The number of halogens is 4. The van der Waals surface area contributed by atoms with E-state index in [4.69, 9.17) is 0 Å². The van der Waals surface area contributed by atoms with Gasteiger partial charge in [0, 0.05) is 0 Å². The summed E-state index contributed by atoms with van der Waals surface area (Å²) in [7, 11) is 0. The molecule has 5 rings (SSSR count). The number of aromatic nitrogens is 1. The quantitative estimate of drug-likeness (QED) is 0.388. The molecular formula is C24H28F3IN2O. The molecule has 1 aliphatic carbocycles. The van der Waals surface area contributed by atoms with Crippen LogP contribution >= 0.6 is 19.8 Å². The van der Waals surface area contributed by atoms with Crippen LogP contribution in [0.2, 0.25) is 0 Å². The van der Waals surface area contributed by atoms with Gasteiger partial charge in [0.2, 0.25) is 0 Å². The molecule has 2 aliphatic heterocycles. The molecule has 3 fully saturated rings. The molecule has 3 nitrogen and oxygen atoms in total. The fraction of sp³-hybridized carbons (Fsp3) is 0.583. The monoisotopic (exact) mass is 544 g/mol. The molecule has 1 saturated carbocycles. The number of carbonyl (C=O) groups is 1. The van der Waals surface area contributed by atoms with E-state index in [-0.39, 0.29) is 30.6 Å². The molecule has 1 aromatic heterocycles. The molecule has 3 atom stereocenters. The minimum absolute atomic E-state index is 0.0458. The number of nitrogens with one attached hydrogen (secondary N) is 1. The van der Waals surface area contributed by atoms with E-state index in [0.29, 0.717) is 31.1 Å². The number of carbonyl (C=O) groups excluding carboxylic acids is 1. The van der Waals surface area contributed by atoms with Crippen LogP contribution in [0.25, 0.3) is 10.9 Å². The van der Waals surface area contributed by atoms with Gasteiger partial charge in [0.25, 0.3) is 0 Å². The van der Waals surface area contributed by atoms with Crippen molar-refractivity contribution in [2.24, 2.45) is 5.92 Å². The van der Waals surface area contributed by atoms with Crippen LogP contribution in [0.15, 0.2) is 30.5 Å². The zero-order valence-electron chi connectivity index (χ0n) is 17.4. The molecule has 1 aromatic carbocycles. The van der Waals surface area contributed by atoms with Gasteiger partial charge >= 0.3 is 188 Å². The number of hydrogen-bond donors (Lipinski definition) is 1. The summed E-state index contributed by atoms with van der Waals surface area (Å²) >= 11 is -1.13. The first-order valence-corrected chi connectivity index (χ1v) is 15.5. The maximum absolute atomic E-state index is 13.8. The number of nitrogens with zero attached hydrogens (tertiary/aromatic N) is 1. The summed E-state index contributed by atoms with van der Waals surface area (Å²) in [5.41, 5.74) is 2.09. The Bertz CT molecular complexity index is 960. The van der Waals surface area contributed by atoms with Crippen LogP contribution in [0.5, 0.6) is 0 Å². The fourth-order valence-electron chi connectivity index (χ4n) is 5.56. The van der Waals surface area contributed by atoms with Crippen LogP contribution in [0.3, 0.4) is 0 Å². The van der Waals surface area contributed by atoms with Gasteiger partial charge in [-0.25, -0.2) is 0 Å². The summed E-state index contributed by atoms with van der Waals surface area (Å²) in [6.45, 7) is 0. The van der Waals surface area contributed by atoms with Crippen molar-refractivity contribution in [1.29, 1.82) is 0 Å². The Kier molecular flexibility index (Phi) is 5.90. The Hall–Kier alpha value is -1.38. The predicted molar refractivity (Wildman–Crippen MR) is 125 cm³/mol. The van der Waals surface area contributed by atoms with Crippen molar-refractivity contribution < 1.29 is 18.0 Å². The van der Waals surface area contributed by atoms with E-state index in [9.17, 15) is 18.0 Å². The van der Waals surface area contributed by atoms with Gasteiger partial charge in [-0.2, -0.15) is 0 Å². The summed E-state index contributed by atoms with van der Waals surface area (Å²) in [5, 5.41) is 3.96. The number of benzene rings is 1. The van der Waals surface area contributed by atoms with Crippen molar-refractivity contribution >= 4 is 36.6 Å². The summed E-state index contributed by atoms with van der Waals surface area (Å²) in [4.78, 5) is 16.9. The van der Waals surface area contributed by atoms with Crippen LogP contribution in [0, 0.1) is 11.7 Å². The molecule has 168 valence electrons. The Morgan fingerprint density at radius 3 is 2.74 bits per heavy atom. The van der Waals surface area contributed by atoms with E-state index in [1.54, 1.807) is 12.1 Å². The van der Waals surface area contributed by atoms with Crippen molar-refractivity contribution in [3.8, 4) is 0 Å². The normalized spacial score (nSPS) is 29.3. The van der Waals surface area contributed by atoms with E-state index in [0.717, 1.165) is 27.7 Å². The average molecular weight is 544 g/mol. The molecule has 2 aromatic rings. The number of amides is 1. The topological polar surface area (TPSA) is 42.0 Å². The molecular weight excluding hydrogens is 516 g/mol. The van der Waals surface area contributed by atoms with Crippen molar-refractivity contribution in [1.82, 2.24) is 10.3 Å². The van der Waals surface area contributed by atoms with Crippen molar-refractivity contribution in [3.05, 3.63) is 41.8 Å². The van der Waals surface area contributed by atoms with Gasteiger partial charge in [-0.1, -0.05) is 0 Å². The van der Waals surface area contributed by atoms with Crippen LogP contribution in [0.1, 0.15) is 56.4 Å². The van der Waals surface area contributed by atoms with Crippen molar-refractivity contribution in [2.75, 3.05) is 8.86 Å². The van der Waals surface area contributed by atoms with E-state index in [1.807, 2.05) is 6.20 Å². The zero-order valence-corrected chi connectivity index (χ0v) is 19.6. The number of fused-ring (bicyclic) bond motifs is 2. The molecule has 31 heavy (non-hydrogen) atoms. The standard InChI is InChI=1S/C24H28F3IN2O/c25-17-1-2-22-21(12-17)20(5-8-29-22)16-11-18-9-15(13-28(18)14-16)10-23(31)30-19-3-6-24(26,27)7-4-19/h1-2,5,8,12,15-16,18-19H,3-4,6-7,9-11,13-14H2,(H,30,31). The third kappa shape index (κ3) is 4.71. The summed E-state index contributed by atoms with van der Waals surface area (Å²) in [6.07, 6.45) is 5.18. The van der Waals surface area contributed by atoms with Crippen LogP contribution in [0.4, 0.5) is 13.2 Å². The van der Waals surface area contributed by atoms with E-state index in [1.165, 1.54) is 20.5 Å². The van der Waals surface area contributed by atoms with E-state index >= 15 is 0 Å². The third-order valence-electron chi connectivity index (χ3n) is 7.10. The number of pyridine rings is 1. The molecule has 3 aliphatic rings. The molecule has 1 N–H and O–H groups in total. The van der Waals surface area contributed by atoms with Gasteiger partial charge < -0.3 is 0 Å². The van der Waals surface area contributed by atoms with Crippen LogP contribution in [-0.2, 0) is 4.79 Å². The molecule has 3 unspecified atom stereocenters. The average Bonchev–Trinajstić information content (AvgIpc) is 3.27. The number of alkyl halides is 5. The maximum atomic E-state index is 13.8. The summed E-state index contributed by atoms with van der Waals surface area (Å²) in [6, 6.07) is 6.81. The van der Waals surface area contributed by atoms with Gasteiger partial charge in [-0.15, -0.1) is 0 Å². The Labute approximate surface area is 188 Å². The van der Waals surface area contributed by atoms with E-state index < -0.39 is 25.7 Å².